The maximum atomic E-state index is 13.1. The van der Waals surface area contributed by atoms with E-state index in [4.69, 9.17) is 4.74 Å². The molecule has 0 aromatic heterocycles. The van der Waals surface area contributed by atoms with Gasteiger partial charge in [-0.15, -0.1) is 0 Å². The van der Waals surface area contributed by atoms with Crippen molar-refractivity contribution in [2.75, 3.05) is 39.8 Å². The topological polar surface area (TPSA) is 83.0 Å². The number of nitrogens with one attached hydrogen (secondary N) is 2. The van der Waals surface area contributed by atoms with Crippen molar-refractivity contribution in [3.63, 3.8) is 0 Å². The molecule has 0 atom stereocenters. The molecule has 29 heavy (non-hydrogen) atoms. The summed E-state index contributed by atoms with van der Waals surface area (Å²) in [5.41, 5.74) is -5.27. The van der Waals surface area contributed by atoms with Gasteiger partial charge in [-0.25, -0.2) is 12.8 Å². The van der Waals surface area contributed by atoms with E-state index in [0.29, 0.717) is 41.9 Å². The number of rotatable bonds is 7. The molecule has 2 N–H and O–H groups in total. The number of hydrogen-bond donors (Lipinski definition) is 2. The molecule has 164 valence electrons. The van der Waals surface area contributed by atoms with Crippen molar-refractivity contribution >= 4 is 16.0 Å². The number of piperidine rings is 1. The Labute approximate surface area is 167 Å². The van der Waals surface area contributed by atoms with Crippen LogP contribution in [0.25, 0.3) is 0 Å². The smallest absolute Gasteiger partial charge is 0.492 e. The predicted molar refractivity (Wildman–Crippen MR) is 101 cm³/mol. The van der Waals surface area contributed by atoms with Gasteiger partial charge in [-0.2, -0.15) is 17.5 Å². The van der Waals surface area contributed by atoms with E-state index in [1.165, 1.54) is 12.1 Å². The van der Waals surface area contributed by atoms with E-state index in [2.05, 4.69) is 15.6 Å². The fourth-order valence-electron chi connectivity index (χ4n) is 2.86. The van der Waals surface area contributed by atoms with Crippen LogP contribution in [0.3, 0.4) is 0 Å². The first-order chi connectivity index (χ1) is 13.6. The first-order valence-electron chi connectivity index (χ1n) is 9.03. The second-order valence-corrected chi connectivity index (χ2v) is 8.41. The van der Waals surface area contributed by atoms with Crippen LogP contribution >= 0.6 is 0 Å². The summed E-state index contributed by atoms with van der Waals surface area (Å²) in [5.74, 6) is 0.535. The van der Waals surface area contributed by atoms with Crippen LogP contribution < -0.4 is 15.4 Å². The normalized spacial score (nSPS) is 17.2. The summed E-state index contributed by atoms with van der Waals surface area (Å²) in [5, 5.41) is 6.08. The molecule has 0 amide bonds. The minimum absolute atomic E-state index is 0.0248. The summed E-state index contributed by atoms with van der Waals surface area (Å²) in [7, 11) is -3.69. The Morgan fingerprint density at radius 2 is 1.97 bits per heavy atom. The Hall–Kier alpha value is -2.08. The van der Waals surface area contributed by atoms with Gasteiger partial charge >= 0.3 is 15.5 Å². The number of aliphatic imine (C=N–C) groups is 1. The van der Waals surface area contributed by atoms with Crippen molar-refractivity contribution < 1.29 is 30.7 Å². The van der Waals surface area contributed by atoms with Gasteiger partial charge in [0.1, 0.15) is 18.2 Å². The third-order valence-corrected chi connectivity index (χ3v) is 6.08. The SMILES string of the molecule is CN=C(NCCOc1cccc(F)c1)NCC1CCN(S(=O)(=O)C(F)(F)F)CC1. The lowest BCUT2D eigenvalue weighted by Crippen LogP contribution is -2.47. The third kappa shape index (κ3) is 6.74. The lowest BCUT2D eigenvalue weighted by Gasteiger charge is -2.31. The molecule has 1 aliphatic rings. The molecule has 0 saturated carbocycles. The van der Waals surface area contributed by atoms with Crippen LogP contribution in [0.1, 0.15) is 12.8 Å². The fourth-order valence-corrected chi connectivity index (χ4v) is 3.84. The van der Waals surface area contributed by atoms with Gasteiger partial charge in [-0.1, -0.05) is 6.07 Å². The van der Waals surface area contributed by atoms with Gasteiger partial charge in [0.2, 0.25) is 0 Å². The first-order valence-corrected chi connectivity index (χ1v) is 10.5. The van der Waals surface area contributed by atoms with Gasteiger partial charge in [-0.3, -0.25) is 4.99 Å². The molecule has 1 aromatic rings. The van der Waals surface area contributed by atoms with Crippen LogP contribution in [-0.4, -0.2) is 64.0 Å². The highest BCUT2D eigenvalue weighted by Crippen LogP contribution is 2.30. The Kier molecular flexibility index (Phi) is 8.08. The molecule has 0 aliphatic carbocycles. The molecule has 12 heteroatoms. The second-order valence-electron chi connectivity index (χ2n) is 6.48. The number of benzene rings is 1. The maximum absolute atomic E-state index is 13.1. The lowest BCUT2D eigenvalue weighted by atomic mass is 9.98. The Morgan fingerprint density at radius 3 is 2.55 bits per heavy atom. The maximum Gasteiger partial charge on any atom is 0.511 e. The summed E-state index contributed by atoms with van der Waals surface area (Å²) < 4.78 is 79.6. The van der Waals surface area contributed by atoms with Crippen molar-refractivity contribution in [1.29, 1.82) is 0 Å². The largest absolute Gasteiger partial charge is 0.511 e. The van der Waals surface area contributed by atoms with Crippen LogP contribution in [-0.2, 0) is 10.0 Å². The molecule has 2 rings (SSSR count). The minimum atomic E-state index is -5.27. The van der Waals surface area contributed by atoms with Crippen molar-refractivity contribution in [1.82, 2.24) is 14.9 Å². The van der Waals surface area contributed by atoms with E-state index >= 15 is 0 Å². The first kappa shape index (κ1) is 23.2. The quantitative estimate of drug-likeness (QED) is 0.293. The highest BCUT2D eigenvalue weighted by molar-refractivity contribution is 7.90. The van der Waals surface area contributed by atoms with E-state index in [1.807, 2.05) is 0 Å². The molecule has 1 aliphatic heterocycles. The number of halogens is 4. The van der Waals surface area contributed by atoms with E-state index in [9.17, 15) is 26.0 Å². The Bertz CT molecular complexity index is 794. The average Bonchev–Trinajstić information content (AvgIpc) is 2.67. The summed E-state index contributed by atoms with van der Waals surface area (Å²) in [6.45, 7) is 0.796. The molecule has 1 heterocycles. The minimum Gasteiger partial charge on any atom is -0.492 e. The summed E-state index contributed by atoms with van der Waals surface area (Å²) >= 11 is 0. The number of hydrogen-bond acceptors (Lipinski definition) is 4. The zero-order valence-corrected chi connectivity index (χ0v) is 16.7. The highest BCUT2D eigenvalue weighted by atomic mass is 32.2. The Morgan fingerprint density at radius 1 is 1.28 bits per heavy atom. The van der Waals surface area contributed by atoms with Gasteiger partial charge in [-0.05, 0) is 30.9 Å². The van der Waals surface area contributed by atoms with E-state index < -0.39 is 15.5 Å². The number of ether oxygens (including phenoxy) is 1. The summed E-state index contributed by atoms with van der Waals surface area (Å²) in [6.07, 6.45) is 0.643. The van der Waals surface area contributed by atoms with Gasteiger partial charge in [0.25, 0.3) is 0 Å². The van der Waals surface area contributed by atoms with Gasteiger partial charge in [0, 0.05) is 32.7 Å². The van der Waals surface area contributed by atoms with Crippen molar-refractivity contribution in [3.05, 3.63) is 30.1 Å². The molecule has 1 aromatic carbocycles. The summed E-state index contributed by atoms with van der Waals surface area (Å²) in [6, 6.07) is 5.78. The average molecular weight is 440 g/mol. The molecule has 7 nitrogen and oxygen atoms in total. The number of nitrogens with zero attached hydrogens (tertiary/aromatic N) is 2. The van der Waals surface area contributed by atoms with Crippen LogP contribution in [0.5, 0.6) is 5.75 Å². The monoisotopic (exact) mass is 440 g/mol. The predicted octanol–water partition coefficient (Wildman–Crippen LogP) is 1.93. The van der Waals surface area contributed by atoms with Crippen LogP contribution in [0, 0.1) is 11.7 Å². The zero-order chi connectivity index (χ0) is 21.5. The van der Waals surface area contributed by atoms with E-state index in [0.717, 1.165) is 0 Å². The molecule has 0 unspecified atom stereocenters. The number of alkyl halides is 3. The Balaban J connectivity index is 1.68. The van der Waals surface area contributed by atoms with E-state index in [-0.39, 0.29) is 31.4 Å². The molecule has 1 saturated heterocycles. The number of guanidine groups is 1. The molecular formula is C17H24F4N4O3S. The number of sulfonamides is 1. The third-order valence-electron chi connectivity index (χ3n) is 4.45. The van der Waals surface area contributed by atoms with Crippen molar-refractivity contribution in [2.24, 2.45) is 10.9 Å². The molecule has 0 spiro atoms. The lowest BCUT2D eigenvalue weighted by molar-refractivity contribution is -0.0496. The van der Waals surface area contributed by atoms with Crippen LogP contribution in [0.4, 0.5) is 17.6 Å². The standard InChI is InChI=1S/C17H24F4N4O3S/c1-22-16(23-7-10-28-15-4-2-3-14(18)11-15)24-12-13-5-8-25(9-6-13)29(26,27)17(19,20)21/h2-4,11,13H,5-10,12H2,1H3,(H2,22,23,24). The zero-order valence-electron chi connectivity index (χ0n) is 15.9. The second kappa shape index (κ2) is 10.1. The fraction of sp³-hybridized carbons (Fsp3) is 0.588. The summed E-state index contributed by atoms with van der Waals surface area (Å²) in [4.78, 5) is 4.04. The van der Waals surface area contributed by atoms with Gasteiger partial charge in [0.05, 0.1) is 6.54 Å². The highest BCUT2D eigenvalue weighted by Gasteiger charge is 2.50. The van der Waals surface area contributed by atoms with Crippen molar-refractivity contribution in [3.8, 4) is 5.75 Å². The molecule has 1 fully saturated rings. The van der Waals surface area contributed by atoms with Crippen LogP contribution in [0.15, 0.2) is 29.3 Å². The molecule has 0 radical (unpaired) electrons. The van der Waals surface area contributed by atoms with Gasteiger partial charge < -0.3 is 15.4 Å². The molecule has 0 bridgehead atoms. The van der Waals surface area contributed by atoms with E-state index in [1.54, 1.807) is 19.2 Å². The molecular weight excluding hydrogens is 416 g/mol. The van der Waals surface area contributed by atoms with Gasteiger partial charge in [0.15, 0.2) is 5.96 Å². The van der Waals surface area contributed by atoms with Crippen molar-refractivity contribution in [2.45, 2.75) is 18.3 Å². The van der Waals surface area contributed by atoms with Crippen LogP contribution in [0.2, 0.25) is 0 Å².